The van der Waals surface area contributed by atoms with Gasteiger partial charge in [-0.2, -0.15) is 0 Å². The Kier molecular flexibility index (Phi) is 7.41. The van der Waals surface area contributed by atoms with Gasteiger partial charge in [-0.15, -0.1) is 0 Å². The van der Waals surface area contributed by atoms with Crippen molar-refractivity contribution >= 4 is 17.9 Å². The molecule has 0 unspecified atom stereocenters. The largest absolute Gasteiger partial charge is 0.466 e. The summed E-state index contributed by atoms with van der Waals surface area (Å²) in [6.07, 6.45) is 0.316. The van der Waals surface area contributed by atoms with Gasteiger partial charge < -0.3 is 19.3 Å². The van der Waals surface area contributed by atoms with Crippen LogP contribution in [0.4, 0.5) is 0 Å². The van der Waals surface area contributed by atoms with E-state index >= 15 is 0 Å². The predicted octanol–water partition coefficient (Wildman–Crippen LogP) is 2.32. The number of hydrogen-bond donors (Lipinski definition) is 1. The topological polar surface area (TPSA) is 99.1 Å². The first-order chi connectivity index (χ1) is 13.1. The Balaban J connectivity index is 2.19. The molecule has 1 saturated heterocycles. The SMILES string of the molecule is C=C1C(=O)O[C@@H]2CC(COC(=O)C(C)C)=C([C@@H](C)CCCOC(C)=O)[C@@H](O)[C@@H]12. The fourth-order valence-electron chi connectivity index (χ4n) is 3.84. The van der Waals surface area contributed by atoms with E-state index in [2.05, 4.69) is 6.58 Å². The molecule has 0 saturated carbocycles. The molecule has 2 rings (SSSR count). The van der Waals surface area contributed by atoms with E-state index in [9.17, 15) is 19.5 Å². The van der Waals surface area contributed by atoms with Gasteiger partial charge in [-0.1, -0.05) is 27.4 Å². The number of carbonyl (C=O) groups is 3. The Morgan fingerprint density at radius 2 is 1.96 bits per heavy atom. The second-order valence-corrected chi connectivity index (χ2v) is 7.85. The zero-order chi connectivity index (χ0) is 21.0. The van der Waals surface area contributed by atoms with Gasteiger partial charge in [0.1, 0.15) is 12.7 Å². The van der Waals surface area contributed by atoms with E-state index in [-0.39, 0.29) is 36.0 Å². The third kappa shape index (κ3) is 5.01. The molecule has 0 bridgehead atoms. The molecule has 2 aliphatic rings. The minimum absolute atomic E-state index is 0.0391. The van der Waals surface area contributed by atoms with Crippen molar-refractivity contribution in [2.75, 3.05) is 13.2 Å². The molecule has 7 nitrogen and oxygen atoms in total. The molecule has 1 fully saturated rings. The highest BCUT2D eigenvalue weighted by Gasteiger charge is 2.48. The predicted molar refractivity (Wildman–Crippen MR) is 101 cm³/mol. The maximum Gasteiger partial charge on any atom is 0.334 e. The van der Waals surface area contributed by atoms with Gasteiger partial charge in [-0.05, 0) is 29.9 Å². The van der Waals surface area contributed by atoms with Gasteiger partial charge >= 0.3 is 17.9 Å². The number of esters is 3. The lowest BCUT2D eigenvalue weighted by molar-refractivity contribution is -0.147. The molecule has 28 heavy (non-hydrogen) atoms. The lowest BCUT2D eigenvalue weighted by atomic mass is 9.73. The minimum atomic E-state index is -0.922. The van der Waals surface area contributed by atoms with Crippen molar-refractivity contribution in [1.82, 2.24) is 0 Å². The number of rotatable bonds is 8. The molecular formula is C21H30O7. The van der Waals surface area contributed by atoms with Crippen molar-refractivity contribution in [3.8, 4) is 0 Å². The van der Waals surface area contributed by atoms with E-state index in [0.717, 1.165) is 11.1 Å². The van der Waals surface area contributed by atoms with Crippen LogP contribution < -0.4 is 0 Å². The molecule has 1 heterocycles. The summed E-state index contributed by atoms with van der Waals surface area (Å²) in [5, 5.41) is 11.0. The molecule has 0 aromatic rings. The Bertz CT molecular complexity index is 676. The number of fused-ring (bicyclic) bond motifs is 1. The molecule has 1 aliphatic heterocycles. The minimum Gasteiger partial charge on any atom is -0.466 e. The van der Waals surface area contributed by atoms with Crippen molar-refractivity contribution in [1.29, 1.82) is 0 Å². The van der Waals surface area contributed by atoms with Gasteiger partial charge in [-0.25, -0.2) is 4.79 Å². The number of ether oxygens (including phenoxy) is 3. The quantitative estimate of drug-likeness (QED) is 0.222. The van der Waals surface area contributed by atoms with Crippen LogP contribution in [-0.2, 0) is 28.6 Å². The van der Waals surface area contributed by atoms with Gasteiger partial charge in [-0.3, -0.25) is 9.59 Å². The van der Waals surface area contributed by atoms with E-state index in [1.165, 1.54) is 6.92 Å². The van der Waals surface area contributed by atoms with Crippen LogP contribution in [0.1, 0.15) is 47.0 Å². The second kappa shape index (κ2) is 9.37. The highest BCUT2D eigenvalue weighted by molar-refractivity contribution is 5.91. The number of carbonyl (C=O) groups excluding carboxylic acids is 3. The van der Waals surface area contributed by atoms with E-state index < -0.39 is 24.1 Å². The number of hydrogen-bond acceptors (Lipinski definition) is 7. The lowest BCUT2D eigenvalue weighted by Gasteiger charge is -2.36. The second-order valence-electron chi connectivity index (χ2n) is 7.85. The molecule has 0 radical (unpaired) electrons. The summed E-state index contributed by atoms with van der Waals surface area (Å²) in [7, 11) is 0. The van der Waals surface area contributed by atoms with Gasteiger partial charge in [0.25, 0.3) is 0 Å². The molecule has 0 aromatic carbocycles. The average molecular weight is 394 g/mol. The monoisotopic (exact) mass is 394 g/mol. The third-order valence-corrected chi connectivity index (χ3v) is 5.32. The molecule has 1 N–H and O–H groups in total. The van der Waals surface area contributed by atoms with Crippen LogP contribution in [0.2, 0.25) is 0 Å². The van der Waals surface area contributed by atoms with Crippen molar-refractivity contribution < 1.29 is 33.7 Å². The van der Waals surface area contributed by atoms with Gasteiger partial charge in [0.2, 0.25) is 0 Å². The van der Waals surface area contributed by atoms with E-state index in [1.54, 1.807) is 13.8 Å². The first kappa shape index (κ1) is 22.1. The van der Waals surface area contributed by atoms with Crippen LogP contribution in [0.5, 0.6) is 0 Å². The summed E-state index contributed by atoms with van der Waals surface area (Å²) >= 11 is 0. The van der Waals surface area contributed by atoms with Crippen LogP contribution in [0.15, 0.2) is 23.3 Å². The Morgan fingerprint density at radius 3 is 2.57 bits per heavy atom. The smallest absolute Gasteiger partial charge is 0.334 e. The molecule has 1 aliphatic carbocycles. The van der Waals surface area contributed by atoms with Crippen molar-refractivity contribution in [2.24, 2.45) is 17.8 Å². The number of aliphatic hydroxyl groups excluding tert-OH is 1. The van der Waals surface area contributed by atoms with E-state index in [0.29, 0.717) is 25.9 Å². The van der Waals surface area contributed by atoms with Crippen molar-refractivity contribution in [3.63, 3.8) is 0 Å². The number of aliphatic hydroxyl groups is 1. The van der Waals surface area contributed by atoms with Crippen LogP contribution in [0, 0.1) is 17.8 Å². The first-order valence-corrected chi connectivity index (χ1v) is 9.73. The Labute approximate surface area is 165 Å². The molecule has 0 aromatic heterocycles. The van der Waals surface area contributed by atoms with Crippen LogP contribution in [0.3, 0.4) is 0 Å². The first-order valence-electron chi connectivity index (χ1n) is 9.73. The van der Waals surface area contributed by atoms with Gasteiger partial charge in [0.15, 0.2) is 0 Å². The zero-order valence-electron chi connectivity index (χ0n) is 17.0. The van der Waals surface area contributed by atoms with Gasteiger partial charge in [0, 0.05) is 18.9 Å². The zero-order valence-corrected chi connectivity index (χ0v) is 17.0. The average Bonchev–Trinajstić information content (AvgIpc) is 2.90. The van der Waals surface area contributed by atoms with Crippen LogP contribution >= 0.6 is 0 Å². The van der Waals surface area contributed by atoms with E-state index in [4.69, 9.17) is 14.2 Å². The fourth-order valence-corrected chi connectivity index (χ4v) is 3.84. The lowest BCUT2D eigenvalue weighted by Crippen LogP contribution is -2.39. The molecule has 4 atom stereocenters. The summed E-state index contributed by atoms with van der Waals surface area (Å²) in [6, 6.07) is 0. The molecule has 0 amide bonds. The summed E-state index contributed by atoms with van der Waals surface area (Å²) in [5.41, 5.74) is 1.82. The molecular weight excluding hydrogens is 364 g/mol. The standard InChI is InChI=1S/C21H30O7/c1-11(2)20(24)27-10-15-9-16-18(13(4)21(25)28-16)19(23)17(15)12(3)7-6-8-26-14(5)22/h11-12,16,18-19,23H,4,6-10H2,1-3,5H3/t12-,16+,18-,19+/m0/s1. The summed E-state index contributed by atoms with van der Waals surface area (Å²) in [4.78, 5) is 34.7. The summed E-state index contributed by atoms with van der Waals surface area (Å²) in [6.45, 7) is 11.0. The summed E-state index contributed by atoms with van der Waals surface area (Å²) < 4.78 is 15.7. The molecule has 7 heteroatoms. The molecule has 0 spiro atoms. The fraction of sp³-hybridized carbons (Fsp3) is 0.667. The molecule has 156 valence electrons. The van der Waals surface area contributed by atoms with Gasteiger partial charge in [0.05, 0.1) is 24.5 Å². The Hall–Kier alpha value is -2.15. The highest BCUT2D eigenvalue weighted by Crippen LogP contribution is 2.43. The third-order valence-electron chi connectivity index (χ3n) is 5.32. The maximum atomic E-state index is 11.9. The summed E-state index contributed by atoms with van der Waals surface area (Å²) in [5.74, 6) is -1.91. The normalized spacial score (nSPS) is 25.4. The Morgan fingerprint density at radius 1 is 1.29 bits per heavy atom. The van der Waals surface area contributed by atoms with Crippen LogP contribution in [0.25, 0.3) is 0 Å². The van der Waals surface area contributed by atoms with E-state index in [1.807, 2.05) is 6.92 Å². The van der Waals surface area contributed by atoms with Crippen LogP contribution in [-0.4, -0.2) is 48.4 Å². The highest BCUT2D eigenvalue weighted by atomic mass is 16.6. The van der Waals surface area contributed by atoms with Crippen molar-refractivity contribution in [3.05, 3.63) is 23.3 Å². The maximum absolute atomic E-state index is 11.9. The van der Waals surface area contributed by atoms with Crippen molar-refractivity contribution in [2.45, 2.75) is 59.2 Å².